The third-order valence-corrected chi connectivity index (χ3v) is 16.9. The predicted molar refractivity (Wildman–Crippen MR) is 230 cm³/mol. The molecule has 0 heterocycles. The van der Waals surface area contributed by atoms with Gasteiger partial charge >= 0.3 is 21.2 Å². The Labute approximate surface area is 343 Å². The largest absolute Gasteiger partial charge is 0.357 e. The van der Waals surface area contributed by atoms with E-state index in [0.717, 1.165) is 0 Å². The van der Waals surface area contributed by atoms with E-state index in [2.05, 4.69) is 222 Å². The van der Waals surface area contributed by atoms with Crippen molar-refractivity contribution in [2.75, 3.05) is 0 Å². The molecule has 8 aromatic carbocycles. The standard InChI is InChI=1S/C52H44IS2/c1-37-5-25-47(26-6-37)54(48-27-7-38(2)8-28-48)51-33-17-43(18-34-51)41-13-21-45(22-14-41)53-46-23-15-42(16-24-46)44-19-35-52(36-20-44)55(49-29-9-39(3)10-30-49)50-31-11-40(4)12-32-50/h5-36H,1-4H3/q+3. The molecule has 0 unspecified atom stereocenters. The molecule has 8 rings (SSSR count). The van der Waals surface area contributed by atoms with Crippen molar-refractivity contribution in [2.45, 2.75) is 57.1 Å². The minimum Gasteiger partial charge on any atom is -0.0543 e. The summed E-state index contributed by atoms with van der Waals surface area (Å²) in [5, 5.41) is 0. The van der Waals surface area contributed by atoms with E-state index in [0.29, 0.717) is 0 Å². The molecule has 0 amide bonds. The van der Waals surface area contributed by atoms with Crippen molar-refractivity contribution >= 4 is 21.8 Å². The summed E-state index contributed by atoms with van der Waals surface area (Å²) in [5.41, 5.74) is 10.2. The molecule has 268 valence electrons. The summed E-state index contributed by atoms with van der Waals surface area (Å²) in [4.78, 5) is 8.08. The van der Waals surface area contributed by atoms with E-state index in [9.17, 15) is 0 Å². The summed E-state index contributed by atoms with van der Waals surface area (Å²) < 4.78 is 2.85. The number of halogens is 1. The molecule has 0 aliphatic carbocycles. The van der Waals surface area contributed by atoms with Gasteiger partial charge < -0.3 is 0 Å². The van der Waals surface area contributed by atoms with Crippen molar-refractivity contribution in [1.29, 1.82) is 0 Å². The lowest BCUT2D eigenvalue weighted by Gasteiger charge is -2.10. The highest BCUT2D eigenvalue weighted by atomic mass is 127. The van der Waals surface area contributed by atoms with Crippen LogP contribution in [0.15, 0.2) is 223 Å². The lowest BCUT2D eigenvalue weighted by Crippen LogP contribution is -3.61. The molecule has 0 aromatic heterocycles. The van der Waals surface area contributed by atoms with Gasteiger partial charge in [-0.1, -0.05) is 70.8 Å². The van der Waals surface area contributed by atoms with E-state index in [4.69, 9.17) is 0 Å². The number of hydrogen-bond acceptors (Lipinski definition) is 0. The third kappa shape index (κ3) is 8.86. The van der Waals surface area contributed by atoms with Crippen LogP contribution in [-0.4, -0.2) is 0 Å². The van der Waals surface area contributed by atoms with Gasteiger partial charge in [-0.2, -0.15) is 0 Å². The van der Waals surface area contributed by atoms with E-state index >= 15 is 0 Å². The zero-order valence-electron chi connectivity index (χ0n) is 31.7. The Bertz CT molecular complexity index is 2200. The quantitative estimate of drug-likeness (QED) is 0.0950. The minimum absolute atomic E-state index is 0.151. The Morgan fingerprint density at radius 3 is 0.636 bits per heavy atom. The van der Waals surface area contributed by atoms with Gasteiger partial charge in [0.05, 0.1) is 21.8 Å². The predicted octanol–water partition coefficient (Wildman–Crippen LogP) is 10.6. The second kappa shape index (κ2) is 16.9. The van der Waals surface area contributed by atoms with Gasteiger partial charge in [0.15, 0.2) is 36.5 Å². The zero-order chi connectivity index (χ0) is 37.7. The maximum atomic E-state index is 2.33. The first-order valence-electron chi connectivity index (χ1n) is 18.7. The minimum atomic E-state index is -0.278. The van der Waals surface area contributed by atoms with Gasteiger partial charge in [0.25, 0.3) is 0 Å². The SMILES string of the molecule is Cc1ccc([S+](c2ccc(C)cc2)c2ccc(-c3ccc([I+]c4ccc(-c5ccc([S+](c6ccc(C)cc6)c6ccc(C)cc6)cc5)cc4)cc3)cc2)cc1. The molecule has 0 radical (unpaired) electrons. The average molecular weight is 860 g/mol. The molecule has 0 saturated heterocycles. The van der Waals surface area contributed by atoms with Gasteiger partial charge in [-0.3, -0.25) is 0 Å². The Kier molecular flexibility index (Phi) is 11.4. The Morgan fingerprint density at radius 1 is 0.236 bits per heavy atom. The van der Waals surface area contributed by atoms with Gasteiger partial charge in [-0.15, -0.1) is 0 Å². The molecular formula is C52H44IS2+3. The maximum Gasteiger partial charge on any atom is 0.357 e. The van der Waals surface area contributed by atoms with Crippen molar-refractivity contribution in [3.8, 4) is 22.3 Å². The molecule has 0 N–H and O–H groups in total. The van der Waals surface area contributed by atoms with Crippen LogP contribution in [0.3, 0.4) is 0 Å². The van der Waals surface area contributed by atoms with Crippen molar-refractivity contribution in [1.82, 2.24) is 0 Å². The maximum absolute atomic E-state index is 2.33. The second-order valence-corrected chi connectivity index (χ2v) is 21.1. The smallest absolute Gasteiger partial charge is 0.0543 e. The van der Waals surface area contributed by atoms with E-state index in [1.807, 2.05) is 0 Å². The summed E-state index contributed by atoms with van der Waals surface area (Å²) in [6, 6.07) is 73.0. The molecular weight excluding hydrogens is 816 g/mol. The molecule has 0 spiro atoms. The molecule has 0 atom stereocenters. The van der Waals surface area contributed by atoms with Gasteiger partial charge in [0, 0.05) is 0 Å². The molecule has 0 aliphatic heterocycles. The normalized spacial score (nSPS) is 11.3. The molecule has 55 heavy (non-hydrogen) atoms. The lowest BCUT2D eigenvalue weighted by atomic mass is 10.1. The van der Waals surface area contributed by atoms with Crippen LogP contribution in [0.1, 0.15) is 22.3 Å². The first-order valence-corrected chi connectivity index (χ1v) is 23.3. The average Bonchev–Trinajstić information content (AvgIpc) is 3.22. The van der Waals surface area contributed by atoms with Crippen LogP contribution in [0.4, 0.5) is 0 Å². The topological polar surface area (TPSA) is 0 Å². The van der Waals surface area contributed by atoms with Crippen LogP contribution in [0, 0.1) is 34.8 Å². The molecule has 0 aliphatic rings. The Morgan fingerprint density at radius 2 is 0.418 bits per heavy atom. The van der Waals surface area contributed by atoms with Gasteiger partial charge in [0.1, 0.15) is 0 Å². The van der Waals surface area contributed by atoms with E-state index in [1.165, 1.54) is 81.0 Å². The number of aryl methyl sites for hydroxylation is 4. The Hall–Kier alpha value is -4.81. The highest BCUT2D eigenvalue weighted by Crippen LogP contribution is 2.34. The molecule has 0 fully saturated rings. The van der Waals surface area contributed by atoms with Crippen LogP contribution >= 0.6 is 0 Å². The summed E-state index contributed by atoms with van der Waals surface area (Å²) in [7, 11) is -0.302. The lowest BCUT2D eigenvalue weighted by molar-refractivity contribution is -0.597. The number of hydrogen-bond donors (Lipinski definition) is 0. The fourth-order valence-corrected chi connectivity index (χ4v) is 12.9. The van der Waals surface area contributed by atoms with Crippen LogP contribution < -0.4 is 21.2 Å². The van der Waals surface area contributed by atoms with Crippen LogP contribution in [0.25, 0.3) is 22.3 Å². The summed E-state index contributed by atoms with van der Waals surface area (Å²) >= 11 is -0.278. The zero-order valence-corrected chi connectivity index (χ0v) is 35.5. The fraction of sp³-hybridized carbons (Fsp3) is 0.0769. The highest BCUT2D eigenvalue weighted by Gasteiger charge is 2.30. The highest BCUT2D eigenvalue weighted by molar-refractivity contribution is 7.97. The van der Waals surface area contributed by atoms with E-state index < -0.39 is 0 Å². The summed E-state index contributed by atoms with van der Waals surface area (Å²) in [6.07, 6.45) is 0. The molecule has 3 heteroatoms. The van der Waals surface area contributed by atoms with E-state index in [-0.39, 0.29) is 43.0 Å². The third-order valence-electron chi connectivity index (χ3n) is 9.78. The van der Waals surface area contributed by atoms with Crippen LogP contribution in [0.5, 0.6) is 0 Å². The summed E-state index contributed by atoms with van der Waals surface area (Å²) in [6.45, 7) is 8.62. The molecule has 8 aromatic rings. The van der Waals surface area contributed by atoms with Crippen LogP contribution in [-0.2, 0) is 21.8 Å². The van der Waals surface area contributed by atoms with Crippen molar-refractivity contribution in [2.24, 2.45) is 0 Å². The summed E-state index contributed by atoms with van der Waals surface area (Å²) in [5.74, 6) is 0. The van der Waals surface area contributed by atoms with Gasteiger partial charge in [-0.05, 0) is 196 Å². The van der Waals surface area contributed by atoms with Crippen molar-refractivity contribution in [3.05, 3.63) is 224 Å². The Balaban J connectivity index is 0.949. The van der Waals surface area contributed by atoms with Crippen LogP contribution in [0.2, 0.25) is 0 Å². The molecule has 0 bridgehead atoms. The first-order chi connectivity index (χ1) is 26.9. The molecule has 0 saturated carbocycles. The van der Waals surface area contributed by atoms with E-state index in [1.54, 1.807) is 0 Å². The monoisotopic (exact) mass is 859 g/mol. The number of benzene rings is 8. The van der Waals surface area contributed by atoms with Crippen molar-refractivity contribution < 1.29 is 21.2 Å². The second-order valence-electron chi connectivity index (χ2n) is 14.0. The van der Waals surface area contributed by atoms with Crippen molar-refractivity contribution in [3.63, 3.8) is 0 Å². The molecule has 0 nitrogen and oxygen atoms in total. The number of rotatable bonds is 10. The fourth-order valence-electron chi connectivity index (χ4n) is 6.62. The first kappa shape index (κ1) is 37.1. The van der Waals surface area contributed by atoms with Gasteiger partial charge in [0.2, 0.25) is 0 Å². The van der Waals surface area contributed by atoms with Gasteiger partial charge in [-0.25, -0.2) is 0 Å².